The van der Waals surface area contributed by atoms with Crippen LogP contribution in [-0.4, -0.2) is 16.7 Å². The second-order valence-corrected chi connectivity index (χ2v) is 8.98. The Balaban J connectivity index is 1.74. The van der Waals surface area contributed by atoms with Gasteiger partial charge in [0, 0.05) is 27.1 Å². The van der Waals surface area contributed by atoms with Gasteiger partial charge in [-0.1, -0.05) is 74.8 Å². The fraction of sp³-hybridized carbons (Fsp3) is 0.154. The highest BCUT2D eigenvalue weighted by Gasteiger charge is 2.22. The van der Waals surface area contributed by atoms with Crippen molar-refractivity contribution in [2.24, 2.45) is 0 Å². The molecule has 1 heterocycles. The standard InChI is InChI=1S/C26H23ClN2O2/c1-26(2,3)18-11-9-17(10-12-18)25(31)29-22-20-14-13-19(27)15-21(20)28-23(22)24(30)16-7-5-4-6-8-16/h4-15,28H,1-3H3,(H,29,31). The highest BCUT2D eigenvalue weighted by atomic mass is 35.5. The molecular formula is C26H23ClN2O2. The van der Waals surface area contributed by atoms with Crippen molar-refractivity contribution in [2.45, 2.75) is 26.2 Å². The number of ketones is 1. The Kier molecular flexibility index (Phi) is 5.42. The van der Waals surface area contributed by atoms with Gasteiger partial charge in [-0.05, 0) is 41.3 Å². The number of fused-ring (bicyclic) bond motifs is 1. The predicted molar refractivity (Wildman–Crippen MR) is 126 cm³/mol. The number of nitrogens with one attached hydrogen (secondary N) is 2. The average Bonchev–Trinajstić information content (AvgIpc) is 3.10. The molecule has 0 aliphatic heterocycles. The molecule has 0 fully saturated rings. The van der Waals surface area contributed by atoms with Crippen LogP contribution in [0.1, 0.15) is 52.7 Å². The minimum atomic E-state index is -0.279. The van der Waals surface area contributed by atoms with Crippen molar-refractivity contribution in [3.8, 4) is 0 Å². The van der Waals surface area contributed by atoms with Crippen molar-refractivity contribution >= 4 is 39.9 Å². The minimum Gasteiger partial charge on any atom is -0.350 e. The van der Waals surface area contributed by atoms with Crippen LogP contribution in [0.3, 0.4) is 0 Å². The van der Waals surface area contributed by atoms with Crippen molar-refractivity contribution in [2.75, 3.05) is 5.32 Å². The number of amides is 1. The van der Waals surface area contributed by atoms with E-state index in [2.05, 4.69) is 31.1 Å². The van der Waals surface area contributed by atoms with E-state index in [0.717, 1.165) is 10.9 Å². The number of rotatable bonds is 4. The lowest BCUT2D eigenvalue weighted by Gasteiger charge is -2.19. The molecule has 4 nitrogen and oxygen atoms in total. The third-order valence-electron chi connectivity index (χ3n) is 5.28. The number of carbonyl (C=O) groups is 2. The highest BCUT2D eigenvalue weighted by Crippen LogP contribution is 2.32. The Morgan fingerprint density at radius 1 is 0.871 bits per heavy atom. The van der Waals surface area contributed by atoms with Crippen LogP contribution in [-0.2, 0) is 5.41 Å². The number of H-pyrrole nitrogens is 1. The molecule has 0 unspecified atom stereocenters. The second-order valence-electron chi connectivity index (χ2n) is 8.54. The lowest BCUT2D eigenvalue weighted by Crippen LogP contribution is -2.16. The molecule has 2 N–H and O–H groups in total. The summed E-state index contributed by atoms with van der Waals surface area (Å²) in [7, 11) is 0. The third kappa shape index (κ3) is 4.25. The molecule has 0 spiro atoms. The lowest BCUT2D eigenvalue weighted by atomic mass is 9.86. The molecule has 0 saturated heterocycles. The largest absolute Gasteiger partial charge is 0.350 e. The SMILES string of the molecule is CC(C)(C)c1ccc(C(=O)Nc2c(C(=O)c3ccccc3)[nH]c3cc(Cl)ccc23)cc1. The topological polar surface area (TPSA) is 62.0 Å². The fourth-order valence-corrected chi connectivity index (χ4v) is 3.68. The Morgan fingerprint density at radius 2 is 1.55 bits per heavy atom. The van der Waals surface area contributed by atoms with Gasteiger partial charge in [-0.3, -0.25) is 9.59 Å². The summed E-state index contributed by atoms with van der Waals surface area (Å²) >= 11 is 6.14. The molecule has 0 aliphatic carbocycles. The summed E-state index contributed by atoms with van der Waals surface area (Å²) in [6.07, 6.45) is 0. The van der Waals surface area contributed by atoms with Gasteiger partial charge in [0.25, 0.3) is 5.91 Å². The van der Waals surface area contributed by atoms with Gasteiger partial charge < -0.3 is 10.3 Å². The number of anilines is 1. The van der Waals surface area contributed by atoms with Crippen LogP contribution in [0.4, 0.5) is 5.69 Å². The van der Waals surface area contributed by atoms with E-state index < -0.39 is 0 Å². The number of aromatic nitrogens is 1. The molecule has 0 aliphatic rings. The first kappa shape index (κ1) is 20.9. The molecule has 4 aromatic rings. The summed E-state index contributed by atoms with van der Waals surface area (Å²) in [5.41, 5.74) is 3.66. The van der Waals surface area contributed by atoms with E-state index in [0.29, 0.717) is 33.0 Å². The van der Waals surface area contributed by atoms with Crippen LogP contribution in [0.15, 0.2) is 72.8 Å². The van der Waals surface area contributed by atoms with E-state index in [1.807, 2.05) is 30.3 Å². The first-order valence-corrected chi connectivity index (χ1v) is 10.4. The molecule has 1 aromatic heterocycles. The molecule has 0 radical (unpaired) electrons. The number of hydrogen-bond donors (Lipinski definition) is 2. The monoisotopic (exact) mass is 430 g/mol. The summed E-state index contributed by atoms with van der Waals surface area (Å²) < 4.78 is 0. The number of benzene rings is 3. The Morgan fingerprint density at radius 3 is 2.19 bits per heavy atom. The maximum atomic E-state index is 13.2. The lowest BCUT2D eigenvalue weighted by molar-refractivity contribution is 0.102. The molecule has 3 aromatic carbocycles. The molecule has 31 heavy (non-hydrogen) atoms. The van der Waals surface area contributed by atoms with Crippen LogP contribution >= 0.6 is 11.6 Å². The smallest absolute Gasteiger partial charge is 0.255 e. The molecule has 0 atom stereocenters. The molecule has 0 bridgehead atoms. The maximum Gasteiger partial charge on any atom is 0.255 e. The second kappa shape index (κ2) is 8.05. The van der Waals surface area contributed by atoms with E-state index in [-0.39, 0.29) is 17.1 Å². The van der Waals surface area contributed by atoms with Crippen LogP contribution in [0, 0.1) is 0 Å². The molecule has 156 valence electrons. The Bertz CT molecular complexity index is 1270. The number of aromatic amines is 1. The highest BCUT2D eigenvalue weighted by molar-refractivity contribution is 6.31. The van der Waals surface area contributed by atoms with Gasteiger partial charge in [0.1, 0.15) is 5.69 Å². The first-order valence-electron chi connectivity index (χ1n) is 10.1. The Hall–Kier alpha value is -3.37. The van der Waals surface area contributed by atoms with Gasteiger partial charge in [-0.25, -0.2) is 0 Å². The van der Waals surface area contributed by atoms with Crippen LogP contribution in [0.5, 0.6) is 0 Å². The van der Waals surface area contributed by atoms with Gasteiger partial charge in [0.2, 0.25) is 5.78 Å². The summed E-state index contributed by atoms with van der Waals surface area (Å²) in [5.74, 6) is -0.482. The zero-order valence-electron chi connectivity index (χ0n) is 17.6. The average molecular weight is 431 g/mol. The van der Waals surface area contributed by atoms with E-state index in [4.69, 9.17) is 11.6 Å². The summed E-state index contributed by atoms with van der Waals surface area (Å²) in [4.78, 5) is 29.4. The summed E-state index contributed by atoms with van der Waals surface area (Å²) in [5, 5.41) is 4.21. The van der Waals surface area contributed by atoms with Crippen molar-refractivity contribution in [3.05, 3.63) is 100 Å². The maximum absolute atomic E-state index is 13.2. The van der Waals surface area contributed by atoms with Crippen LogP contribution < -0.4 is 5.32 Å². The van der Waals surface area contributed by atoms with Crippen molar-refractivity contribution in [1.82, 2.24) is 4.98 Å². The van der Waals surface area contributed by atoms with Crippen molar-refractivity contribution in [3.63, 3.8) is 0 Å². The quantitative estimate of drug-likeness (QED) is 0.358. The van der Waals surface area contributed by atoms with E-state index in [1.54, 1.807) is 42.5 Å². The number of halogens is 1. The number of hydrogen-bond acceptors (Lipinski definition) is 2. The van der Waals surface area contributed by atoms with Crippen molar-refractivity contribution < 1.29 is 9.59 Å². The summed E-state index contributed by atoms with van der Waals surface area (Å²) in [6.45, 7) is 6.38. The van der Waals surface area contributed by atoms with Gasteiger partial charge in [0.05, 0.1) is 5.69 Å². The van der Waals surface area contributed by atoms with Crippen LogP contribution in [0.2, 0.25) is 5.02 Å². The van der Waals surface area contributed by atoms with Gasteiger partial charge in [0.15, 0.2) is 0 Å². The van der Waals surface area contributed by atoms with Gasteiger partial charge in [-0.2, -0.15) is 0 Å². The Labute approximate surface area is 186 Å². The zero-order valence-corrected chi connectivity index (χ0v) is 18.4. The van der Waals surface area contributed by atoms with Crippen molar-refractivity contribution in [1.29, 1.82) is 0 Å². The van der Waals surface area contributed by atoms with Crippen LogP contribution in [0.25, 0.3) is 10.9 Å². The summed E-state index contributed by atoms with van der Waals surface area (Å²) in [6, 6.07) is 21.8. The van der Waals surface area contributed by atoms with Gasteiger partial charge >= 0.3 is 0 Å². The molecule has 5 heteroatoms. The third-order valence-corrected chi connectivity index (χ3v) is 5.51. The zero-order chi connectivity index (χ0) is 22.2. The van der Waals surface area contributed by atoms with E-state index in [9.17, 15) is 9.59 Å². The molecule has 0 saturated carbocycles. The van der Waals surface area contributed by atoms with E-state index >= 15 is 0 Å². The molecule has 4 rings (SSSR count). The fourth-order valence-electron chi connectivity index (χ4n) is 3.51. The minimum absolute atomic E-state index is 0.000384. The normalized spacial score (nSPS) is 11.5. The molecular weight excluding hydrogens is 408 g/mol. The van der Waals surface area contributed by atoms with E-state index in [1.165, 1.54) is 0 Å². The van der Waals surface area contributed by atoms with Gasteiger partial charge in [-0.15, -0.1) is 0 Å². The molecule has 1 amide bonds. The first-order chi connectivity index (χ1) is 14.7. The predicted octanol–water partition coefficient (Wildman–Crippen LogP) is 6.60. The number of carbonyl (C=O) groups excluding carboxylic acids is 2.